The van der Waals surface area contributed by atoms with E-state index in [0.29, 0.717) is 11.8 Å². The average molecular weight is 789 g/mol. The molecular formula is C34H29Cl2F2N7O7S. The zero-order valence-electron chi connectivity index (χ0n) is 28.0. The predicted molar refractivity (Wildman–Crippen MR) is 194 cm³/mol. The van der Waals surface area contributed by atoms with Gasteiger partial charge in [0.1, 0.15) is 28.2 Å². The molecule has 3 aromatic carbocycles. The van der Waals surface area contributed by atoms with Crippen LogP contribution in [0, 0.1) is 11.6 Å². The van der Waals surface area contributed by atoms with Gasteiger partial charge < -0.3 is 19.9 Å². The summed E-state index contributed by atoms with van der Waals surface area (Å²) in [6.45, 7) is 0. The number of methoxy groups -OCH3 is 2. The summed E-state index contributed by atoms with van der Waals surface area (Å²) in [7, 11) is 0.297. The molecule has 3 aromatic heterocycles. The number of rotatable bonds is 12. The highest BCUT2D eigenvalue weighted by Gasteiger charge is 2.28. The topological polar surface area (TPSA) is 180 Å². The van der Waals surface area contributed by atoms with Crippen LogP contribution in [0.15, 0.2) is 65.5 Å². The van der Waals surface area contributed by atoms with Gasteiger partial charge in [0, 0.05) is 19.5 Å². The van der Waals surface area contributed by atoms with Crippen molar-refractivity contribution in [3.05, 3.63) is 110 Å². The van der Waals surface area contributed by atoms with E-state index in [0.717, 1.165) is 22.3 Å². The third kappa shape index (κ3) is 7.81. The first-order valence-electron chi connectivity index (χ1n) is 15.6. The molecule has 0 radical (unpaired) electrons. The molecule has 0 unspecified atom stereocenters. The zero-order chi connectivity index (χ0) is 38.2. The number of pyridine rings is 1. The van der Waals surface area contributed by atoms with Crippen LogP contribution < -0.4 is 25.1 Å². The van der Waals surface area contributed by atoms with Crippen molar-refractivity contribution >= 4 is 67.1 Å². The number of sulfonamides is 1. The quantitative estimate of drug-likeness (QED) is 0.137. The van der Waals surface area contributed by atoms with Crippen LogP contribution in [0.3, 0.4) is 0 Å². The lowest BCUT2D eigenvalue weighted by atomic mass is 10.0. The molecule has 0 spiro atoms. The minimum atomic E-state index is -4.01. The summed E-state index contributed by atoms with van der Waals surface area (Å²) in [6, 6.07) is 12.3. The van der Waals surface area contributed by atoms with Gasteiger partial charge in [-0.1, -0.05) is 35.3 Å². The zero-order valence-corrected chi connectivity index (χ0v) is 30.4. The van der Waals surface area contributed by atoms with Gasteiger partial charge in [-0.2, -0.15) is 10.1 Å². The van der Waals surface area contributed by atoms with E-state index in [1.54, 1.807) is 24.3 Å². The predicted octanol–water partition coefficient (Wildman–Crippen LogP) is 5.81. The van der Waals surface area contributed by atoms with Gasteiger partial charge in [0.2, 0.25) is 15.9 Å². The fourth-order valence-corrected chi connectivity index (χ4v) is 7.39. The van der Waals surface area contributed by atoms with Crippen molar-refractivity contribution in [1.29, 1.82) is 0 Å². The minimum Gasteiger partial charge on any atom is -0.497 e. The van der Waals surface area contributed by atoms with E-state index in [2.05, 4.69) is 25.1 Å². The Hall–Kier alpha value is -5.52. The maximum atomic E-state index is 14.5. The molecule has 276 valence electrons. The monoisotopic (exact) mass is 787 g/mol. The van der Waals surface area contributed by atoms with Crippen molar-refractivity contribution in [2.75, 3.05) is 24.7 Å². The number of anilines is 1. The number of carbonyl (C=O) groups is 1. The number of nitrogens with one attached hydrogen (secondary N) is 2. The standard InChI is InChI=1S/C34H29Cl2F2N7O7S/c1-44-28-26(9-8-23(35)27(28)30(42-44)43-53(49,50)11-10-17-4-6-21(51-2)7-5-17)45-31(40-29-22(33(45)46)16-24(36)32(41-29)52-3)25(39-34(47)48)14-18-12-19(37)15-20(38)13-18/h4-9,12-13,15-16,25,39H,10-11,14H2,1-3H3,(H,42,43)(H,47,48)/t25-/m0/s1. The first-order chi connectivity index (χ1) is 25.2. The molecular weight excluding hydrogens is 759 g/mol. The number of benzene rings is 3. The number of fused-ring (bicyclic) bond motifs is 2. The summed E-state index contributed by atoms with van der Waals surface area (Å²) in [5.74, 6) is -1.98. The molecule has 0 saturated heterocycles. The van der Waals surface area contributed by atoms with Crippen molar-refractivity contribution in [1.82, 2.24) is 29.6 Å². The molecule has 0 aliphatic rings. The summed E-state index contributed by atoms with van der Waals surface area (Å²) in [6.07, 6.45) is -1.74. The molecule has 1 amide bonds. The number of ether oxygens (including phenoxy) is 2. The molecule has 1 atom stereocenters. The highest BCUT2D eigenvalue weighted by Crippen LogP contribution is 2.36. The molecule has 6 aromatic rings. The molecule has 0 fully saturated rings. The summed E-state index contributed by atoms with van der Waals surface area (Å²) in [4.78, 5) is 35.4. The summed E-state index contributed by atoms with van der Waals surface area (Å²) < 4.78 is 70.4. The van der Waals surface area contributed by atoms with Gasteiger partial charge in [-0.3, -0.25) is 18.8 Å². The largest absolute Gasteiger partial charge is 0.497 e. The molecule has 3 heterocycles. The first kappa shape index (κ1) is 37.2. The maximum Gasteiger partial charge on any atom is 0.405 e. The Balaban J connectivity index is 1.53. The Labute approximate surface area is 310 Å². The molecule has 53 heavy (non-hydrogen) atoms. The maximum absolute atomic E-state index is 14.5. The molecule has 0 aliphatic heterocycles. The minimum absolute atomic E-state index is 0.0261. The van der Waals surface area contributed by atoms with Crippen LogP contribution in [-0.2, 0) is 29.9 Å². The van der Waals surface area contributed by atoms with Gasteiger partial charge in [0.05, 0.1) is 53.0 Å². The average Bonchev–Trinajstić information content (AvgIpc) is 3.42. The van der Waals surface area contributed by atoms with Crippen LogP contribution in [0.25, 0.3) is 27.6 Å². The molecule has 0 bridgehead atoms. The fraction of sp³-hybridized carbons (Fsp3) is 0.206. The third-order valence-electron chi connectivity index (χ3n) is 8.20. The summed E-state index contributed by atoms with van der Waals surface area (Å²) in [5.41, 5.74) is 0.0229. The van der Waals surface area contributed by atoms with E-state index in [-0.39, 0.29) is 79.3 Å². The second kappa shape index (κ2) is 14.8. The smallest absolute Gasteiger partial charge is 0.405 e. The van der Waals surface area contributed by atoms with Crippen molar-refractivity contribution < 1.29 is 36.6 Å². The van der Waals surface area contributed by atoms with Crippen LogP contribution in [0.1, 0.15) is 23.0 Å². The number of carboxylic acid groups (broad SMARTS) is 1. The molecule has 19 heteroatoms. The van der Waals surface area contributed by atoms with Crippen molar-refractivity contribution in [2.45, 2.75) is 18.9 Å². The highest BCUT2D eigenvalue weighted by atomic mass is 35.5. The molecule has 14 nitrogen and oxygen atoms in total. The second-order valence-electron chi connectivity index (χ2n) is 11.7. The SMILES string of the molecule is COc1ccc(CCS(=O)(=O)Nc2nn(C)c3c(-n4c([C@H](Cc5cc(F)cc(F)c5)NC(=O)O)nc5nc(OC)c(Cl)cc5c4=O)ccc(Cl)c23)cc1. The van der Waals surface area contributed by atoms with Crippen LogP contribution in [0.4, 0.5) is 19.4 Å². The molecule has 6 rings (SSSR count). The Morgan fingerprint density at radius 3 is 2.30 bits per heavy atom. The lowest BCUT2D eigenvalue weighted by Gasteiger charge is -2.22. The van der Waals surface area contributed by atoms with Crippen molar-refractivity contribution in [2.24, 2.45) is 7.05 Å². The molecule has 0 saturated carbocycles. The van der Waals surface area contributed by atoms with E-state index in [1.807, 2.05) is 0 Å². The lowest BCUT2D eigenvalue weighted by Crippen LogP contribution is -2.35. The lowest BCUT2D eigenvalue weighted by molar-refractivity contribution is 0.189. The van der Waals surface area contributed by atoms with Gasteiger partial charge in [0.15, 0.2) is 11.5 Å². The van der Waals surface area contributed by atoms with Gasteiger partial charge in [-0.25, -0.2) is 27.0 Å². The van der Waals surface area contributed by atoms with E-state index in [9.17, 15) is 31.9 Å². The number of amides is 1. The number of nitrogens with zero attached hydrogens (tertiary/aromatic N) is 5. The van der Waals surface area contributed by atoms with Gasteiger partial charge in [-0.15, -0.1) is 0 Å². The van der Waals surface area contributed by atoms with E-state index in [4.69, 9.17) is 32.7 Å². The normalized spacial score (nSPS) is 12.2. The third-order valence-corrected chi connectivity index (χ3v) is 10.0. The van der Waals surface area contributed by atoms with Gasteiger partial charge in [-0.05, 0) is 60.0 Å². The Morgan fingerprint density at radius 1 is 0.962 bits per heavy atom. The highest BCUT2D eigenvalue weighted by molar-refractivity contribution is 7.92. The van der Waals surface area contributed by atoms with Crippen LogP contribution in [0.5, 0.6) is 11.6 Å². The van der Waals surface area contributed by atoms with E-state index in [1.165, 1.54) is 44.1 Å². The van der Waals surface area contributed by atoms with Crippen LogP contribution >= 0.6 is 23.2 Å². The number of aromatic nitrogens is 5. The van der Waals surface area contributed by atoms with Gasteiger partial charge >= 0.3 is 6.09 Å². The Bertz CT molecular complexity index is 2550. The Morgan fingerprint density at radius 2 is 1.66 bits per heavy atom. The fourth-order valence-electron chi connectivity index (χ4n) is 5.87. The number of hydrogen-bond donors (Lipinski definition) is 3. The number of halogens is 4. The number of hydrogen-bond acceptors (Lipinski definition) is 9. The van der Waals surface area contributed by atoms with Crippen molar-refractivity contribution in [3.63, 3.8) is 0 Å². The second-order valence-corrected chi connectivity index (χ2v) is 14.4. The van der Waals surface area contributed by atoms with E-state index >= 15 is 0 Å². The summed E-state index contributed by atoms with van der Waals surface area (Å²) in [5, 5.41) is 16.6. The summed E-state index contributed by atoms with van der Waals surface area (Å²) >= 11 is 13.0. The van der Waals surface area contributed by atoms with Crippen LogP contribution in [-0.4, -0.2) is 63.9 Å². The van der Waals surface area contributed by atoms with E-state index < -0.39 is 39.4 Å². The number of aryl methyl sites for hydroxylation is 2. The molecule has 3 N–H and O–H groups in total. The van der Waals surface area contributed by atoms with Crippen molar-refractivity contribution in [3.8, 4) is 17.3 Å². The first-order valence-corrected chi connectivity index (χ1v) is 18.0. The van der Waals surface area contributed by atoms with Gasteiger partial charge in [0.25, 0.3) is 5.56 Å². The van der Waals surface area contributed by atoms with Crippen LogP contribution in [0.2, 0.25) is 10.0 Å². The molecule has 0 aliphatic carbocycles. The Kier molecular flexibility index (Phi) is 10.4.